The van der Waals surface area contributed by atoms with Gasteiger partial charge in [0.1, 0.15) is 10.8 Å². The molecule has 0 bridgehead atoms. The standard InChI is InChI=1S/C6HCl2F3/c7-4-2(9)1-3(10)6(11)5(4)8/h1H. The van der Waals surface area contributed by atoms with Crippen LogP contribution in [0.15, 0.2) is 6.07 Å². The Hall–Kier alpha value is -0.410. The van der Waals surface area contributed by atoms with Crippen LogP contribution in [0.3, 0.4) is 0 Å². The summed E-state index contributed by atoms with van der Waals surface area (Å²) < 4.78 is 37.1. The summed E-state index contributed by atoms with van der Waals surface area (Å²) in [5.41, 5.74) is 0. The molecule has 0 aliphatic rings. The molecule has 0 radical (unpaired) electrons. The summed E-state index contributed by atoms with van der Waals surface area (Å²) in [5, 5.41) is -1.34. The van der Waals surface area contributed by atoms with Gasteiger partial charge in [-0.1, -0.05) is 23.2 Å². The normalized spacial score (nSPS) is 10.3. The fraction of sp³-hybridized carbons (Fsp3) is 0. The van der Waals surface area contributed by atoms with Crippen molar-refractivity contribution >= 4 is 23.2 Å². The van der Waals surface area contributed by atoms with Crippen molar-refractivity contribution in [2.75, 3.05) is 0 Å². The zero-order chi connectivity index (χ0) is 8.59. The number of rotatable bonds is 0. The monoisotopic (exact) mass is 200 g/mol. The Bertz CT molecular complexity index is 272. The Morgan fingerprint density at radius 1 is 0.909 bits per heavy atom. The first-order valence-electron chi connectivity index (χ1n) is 2.52. The van der Waals surface area contributed by atoms with Crippen LogP contribution in [0.5, 0.6) is 0 Å². The van der Waals surface area contributed by atoms with E-state index in [1.54, 1.807) is 0 Å². The zero-order valence-corrected chi connectivity index (χ0v) is 6.48. The number of hydrogen-bond donors (Lipinski definition) is 0. The highest BCUT2D eigenvalue weighted by Crippen LogP contribution is 2.29. The van der Waals surface area contributed by atoms with E-state index >= 15 is 0 Å². The van der Waals surface area contributed by atoms with Crippen molar-refractivity contribution < 1.29 is 13.2 Å². The van der Waals surface area contributed by atoms with Crippen LogP contribution >= 0.6 is 23.2 Å². The average molecular weight is 201 g/mol. The highest BCUT2D eigenvalue weighted by atomic mass is 35.5. The molecule has 0 atom stereocenters. The van der Waals surface area contributed by atoms with Crippen molar-refractivity contribution in [1.29, 1.82) is 0 Å². The van der Waals surface area contributed by atoms with Gasteiger partial charge in [-0.2, -0.15) is 0 Å². The molecule has 1 rings (SSSR count). The molecular weight excluding hydrogens is 200 g/mol. The maximum Gasteiger partial charge on any atom is 0.179 e. The molecule has 11 heavy (non-hydrogen) atoms. The van der Waals surface area contributed by atoms with E-state index in [1.165, 1.54) is 0 Å². The highest BCUT2D eigenvalue weighted by Gasteiger charge is 2.14. The molecule has 0 spiro atoms. The van der Waals surface area contributed by atoms with Gasteiger partial charge in [0, 0.05) is 6.07 Å². The molecule has 1 aromatic carbocycles. The topological polar surface area (TPSA) is 0 Å². The van der Waals surface area contributed by atoms with Gasteiger partial charge in [0.25, 0.3) is 0 Å². The third-order valence-corrected chi connectivity index (χ3v) is 1.88. The van der Waals surface area contributed by atoms with Crippen molar-refractivity contribution in [3.05, 3.63) is 33.6 Å². The molecule has 60 valence electrons. The molecule has 5 heteroatoms. The summed E-state index contributed by atoms with van der Waals surface area (Å²) >= 11 is 10.2. The third-order valence-electron chi connectivity index (χ3n) is 1.06. The smallest absolute Gasteiger partial charge is 0.179 e. The fourth-order valence-corrected chi connectivity index (χ4v) is 0.862. The van der Waals surface area contributed by atoms with Gasteiger partial charge in [-0.25, -0.2) is 13.2 Å². The molecule has 0 heterocycles. The van der Waals surface area contributed by atoms with E-state index in [0.717, 1.165) is 0 Å². The average Bonchev–Trinajstić information content (AvgIpc) is 1.97. The first-order chi connectivity index (χ1) is 5.04. The molecule has 0 fully saturated rings. The van der Waals surface area contributed by atoms with Crippen molar-refractivity contribution in [2.45, 2.75) is 0 Å². The zero-order valence-electron chi connectivity index (χ0n) is 4.97. The van der Waals surface area contributed by atoms with Gasteiger partial charge in [0.05, 0.1) is 5.02 Å². The Kier molecular flexibility index (Phi) is 2.30. The predicted octanol–water partition coefficient (Wildman–Crippen LogP) is 3.41. The van der Waals surface area contributed by atoms with Crippen LogP contribution in [0.1, 0.15) is 0 Å². The largest absolute Gasteiger partial charge is 0.205 e. The Labute approximate surface area is 70.5 Å². The molecule has 0 N–H and O–H groups in total. The molecule has 0 amide bonds. The van der Waals surface area contributed by atoms with E-state index in [2.05, 4.69) is 0 Å². The molecule has 0 saturated carbocycles. The van der Waals surface area contributed by atoms with Gasteiger partial charge >= 0.3 is 0 Å². The summed E-state index contributed by atoms with van der Waals surface area (Å²) in [6.07, 6.45) is 0. The fourth-order valence-electron chi connectivity index (χ4n) is 0.544. The van der Waals surface area contributed by atoms with Crippen LogP contribution in [0, 0.1) is 17.5 Å². The van der Waals surface area contributed by atoms with E-state index in [9.17, 15) is 13.2 Å². The van der Waals surface area contributed by atoms with Crippen LogP contribution in [-0.4, -0.2) is 0 Å². The number of benzene rings is 1. The summed E-state index contributed by atoms with van der Waals surface area (Å²) in [5.74, 6) is -3.76. The lowest BCUT2D eigenvalue weighted by atomic mass is 10.3. The second kappa shape index (κ2) is 2.91. The first-order valence-corrected chi connectivity index (χ1v) is 3.28. The van der Waals surface area contributed by atoms with Crippen LogP contribution in [0.2, 0.25) is 10.0 Å². The molecule has 0 aliphatic carbocycles. The first kappa shape index (κ1) is 8.68. The van der Waals surface area contributed by atoms with Gasteiger partial charge in [-0.15, -0.1) is 0 Å². The van der Waals surface area contributed by atoms with E-state index < -0.39 is 27.5 Å². The lowest BCUT2D eigenvalue weighted by Crippen LogP contribution is -1.89. The van der Waals surface area contributed by atoms with Crippen LogP contribution in [-0.2, 0) is 0 Å². The van der Waals surface area contributed by atoms with Gasteiger partial charge < -0.3 is 0 Å². The van der Waals surface area contributed by atoms with Crippen molar-refractivity contribution in [3.63, 3.8) is 0 Å². The summed E-state index contributed by atoms with van der Waals surface area (Å²) in [7, 11) is 0. The summed E-state index contributed by atoms with van der Waals surface area (Å²) in [6, 6.07) is 0.337. The van der Waals surface area contributed by atoms with Crippen molar-refractivity contribution in [1.82, 2.24) is 0 Å². The molecule has 0 aromatic heterocycles. The molecular formula is C6HCl2F3. The lowest BCUT2D eigenvalue weighted by molar-refractivity contribution is 0.495. The number of hydrogen-bond acceptors (Lipinski definition) is 0. The number of halogens is 5. The maximum atomic E-state index is 12.4. The van der Waals surface area contributed by atoms with Gasteiger partial charge in [0.15, 0.2) is 11.6 Å². The Morgan fingerprint density at radius 2 is 1.45 bits per heavy atom. The second-order valence-corrected chi connectivity index (χ2v) is 2.54. The molecule has 0 nitrogen and oxygen atoms in total. The highest BCUT2D eigenvalue weighted by molar-refractivity contribution is 6.42. The maximum absolute atomic E-state index is 12.4. The lowest BCUT2D eigenvalue weighted by Gasteiger charge is -1.99. The van der Waals surface area contributed by atoms with Crippen LogP contribution < -0.4 is 0 Å². The minimum Gasteiger partial charge on any atom is -0.205 e. The van der Waals surface area contributed by atoms with E-state index in [1.807, 2.05) is 0 Å². The molecule has 0 aliphatic heterocycles. The van der Waals surface area contributed by atoms with Crippen molar-refractivity contribution in [2.24, 2.45) is 0 Å². The minimum atomic E-state index is -1.35. The Morgan fingerprint density at radius 3 is 2.00 bits per heavy atom. The third kappa shape index (κ3) is 1.44. The van der Waals surface area contributed by atoms with Gasteiger partial charge in [0.2, 0.25) is 0 Å². The van der Waals surface area contributed by atoms with E-state index in [-0.39, 0.29) is 0 Å². The van der Waals surface area contributed by atoms with Crippen LogP contribution in [0.4, 0.5) is 13.2 Å². The second-order valence-electron chi connectivity index (χ2n) is 1.78. The summed E-state index contributed by atoms with van der Waals surface area (Å²) in [4.78, 5) is 0. The van der Waals surface area contributed by atoms with Crippen LogP contribution in [0.25, 0.3) is 0 Å². The van der Waals surface area contributed by atoms with Crippen molar-refractivity contribution in [3.8, 4) is 0 Å². The van der Waals surface area contributed by atoms with E-state index in [0.29, 0.717) is 6.07 Å². The van der Waals surface area contributed by atoms with E-state index in [4.69, 9.17) is 23.2 Å². The summed E-state index contributed by atoms with van der Waals surface area (Å²) in [6.45, 7) is 0. The Balaban J connectivity index is 3.46. The predicted molar refractivity (Wildman–Crippen MR) is 36.3 cm³/mol. The SMILES string of the molecule is Fc1cc(F)c(Cl)c(Cl)c1F. The minimum absolute atomic E-state index is 0.337. The molecule has 0 unspecified atom stereocenters. The van der Waals surface area contributed by atoms with Gasteiger partial charge in [-0.3, -0.25) is 0 Å². The van der Waals surface area contributed by atoms with Gasteiger partial charge in [-0.05, 0) is 0 Å². The quantitative estimate of drug-likeness (QED) is 0.445. The molecule has 1 aromatic rings. The molecule has 0 saturated heterocycles.